The molecule has 0 spiro atoms. The van der Waals surface area contributed by atoms with Gasteiger partial charge in [-0.3, -0.25) is 4.98 Å². The number of carbonyl (C=O) groups is 1. The second-order valence-corrected chi connectivity index (χ2v) is 6.54. The van der Waals surface area contributed by atoms with E-state index < -0.39 is 0 Å². The first kappa shape index (κ1) is 15.0. The molecular weight excluding hydrogens is 298 g/mol. The summed E-state index contributed by atoms with van der Waals surface area (Å²) >= 11 is 1.66. The molecule has 2 heterocycles. The van der Waals surface area contributed by atoms with Gasteiger partial charge in [0, 0.05) is 34.6 Å². The summed E-state index contributed by atoms with van der Waals surface area (Å²) in [5, 5.41) is 14.1. The van der Waals surface area contributed by atoms with Crippen LogP contribution in [0.2, 0.25) is 0 Å². The lowest BCUT2D eigenvalue weighted by Gasteiger charge is -2.22. The Labute approximate surface area is 133 Å². The fraction of sp³-hybridized carbons (Fsp3) is 0.375. The minimum absolute atomic E-state index is 0.0203. The number of anilines is 1. The van der Waals surface area contributed by atoms with E-state index in [1.54, 1.807) is 22.4 Å². The summed E-state index contributed by atoms with van der Waals surface area (Å²) in [7, 11) is 0. The number of nitrogens with one attached hydrogen (secondary N) is 1. The summed E-state index contributed by atoms with van der Waals surface area (Å²) in [5.41, 5.74) is 2.49. The van der Waals surface area contributed by atoms with Crippen LogP contribution in [0.3, 0.4) is 0 Å². The number of carbonyl (C=O) groups excluding carboxylic acids is 1. The second kappa shape index (κ2) is 6.46. The Balaban J connectivity index is 1.81. The second-order valence-electron chi connectivity index (χ2n) is 5.42. The third kappa shape index (κ3) is 3.28. The molecule has 6 heteroatoms. The number of amides is 2. The third-order valence-electron chi connectivity index (χ3n) is 3.64. The number of pyridine rings is 1. The molecule has 1 aliphatic carbocycles. The van der Waals surface area contributed by atoms with Gasteiger partial charge >= 0.3 is 6.03 Å². The van der Waals surface area contributed by atoms with E-state index in [0.29, 0.717) is 12.2 Å². The fourth-order valence-corrected chi connectivity index (χ4v) is 3.12. The lowest BCUT2D eigenvalue weighted by molar-refractivity contribution is 0.185. The Bertz CT molecular complexity index is 667. The zero-order valence-electron chi connectivity index (χ0n) is 12.5. The molecule has 2 aromatic heterocycles. The van der Waals surface area contributed by atoms with E-state index in [0.717, 1.165) is 24.1 Å². The average molecular weight is 317 g/mol. The molecule has 0 unspecified atom stereocenters. The van der Waals surface area contributed by atoms with Crippen LogP contribution in [-0.2, 0) is 0 Å². The highest BCUT2D eigenvalue weighted by Crippen LogP contribution is 2.31. The molecule has 1 fully saturated rings. The maximum Gasteiger partial charge on any atom is 0.322 e. The summed E-state index contributed by atoms with van der Waals surface area (Å²) in [5.74, 6) is 0. The van der Waals surface area contributed by atoms with Crippen LogP contribution in [0.1, 0.15) is 17.7 Å². The maximum atomic E-state index is 12.5. The van der Waals surface area contributed by atoms with Crippen molar-refractivity contribution in [3.63, 3.8) is 0 Å². The zero-order chi connectivity index (χ0) is 15.5. The van der Waals surface area contributed by atoms with Crippen molar-refractivity contribution in [3.8, 4) is 11.3 Å². The van der Waals surface area contributed by atoms with Crippen molar-refractivity contribution in [3.05, 3.63) is 34.7 Å². The molecular formula is C16H19N3O2S. The minimum Gasteiger partial charge on any atom is -0.395 e. The van der Waals surface area contributed by atoms with Crippen LogP contribution in [0.15, 0.2) is 29.8 Å². The van der Waals surface area contributed by atoms with Gasteiger partial charge in [-0.25, -0.2) is 4.79 Å². The summed E-state index contributed by atoms with van der Waals surface area (Å²) in [6.07, 6.45) is 3.75. The van der Waals surface area contributed by atoms with Crippen molar-refractivity contribution in [2.75, 3.05) is 18.5 Å². The van der Waals surface area contributed by atoms with Gasteiger partial charge in [-0.05, 0) is 38.0 Å². The Hall–Kier alpha value is -1.92. The molecule has 2 N–H and O–H groups in total. The smallest absolute Gasteiger partial charge is 0.322 e. The zero-order valence-corrected chi connectivity index (χ0v) is 13.3. The molecule has 1 aliphatic rings. The molecule has 116 valence electrons. The molecule has 22 heavy (non-hydrogen) atoms. The molecule has 2 amide bonds. The number of aryl methyl sites for hydroxylation is 1. The van der Waals surface area contributed by atoms with E-state index >= 15 is 0 Å². The minimum atomic E-state index is -0.169. The molecule has 0 bridgehead atoms. The van der Waals surface area contributed by atoms with Gasteiger partial charge in [-0.15, -0.1) is 11.3 Å². The number of hydrogen-bond donors (Lipinski definition) is 2. The number of aliphatic hydroxyl groups excluding tert-OH is 1. The van der Waals surface area contributed by atoms with E-state index in [2.05, 4.69) is 16.4 Å². The van der Waals surface area contributed by atoms with E-state index in [9.17, 15) is 4.79 Å². The van der Waals surface area contributed by atoms with Crippen molar-refractivity contribution >= 4 is 23.1 Å². The molecule has 0 saturated heterocycles. The number of urea groups is 1. The van der Waals surface area contributed by atoms with E-state index in [4.69, 9.17) is 5.11 Å². The van der Waals surface area contributed by atoms with Crippen molar-refractivity contribution < 1.29 is 9.90 Å². The molecule has 0 radical (unpaired) electrons. The highest BCUT2D eigenvalue weighted by molar-refractivity contribution is 7.10. The van der Waals surface area contributed by atoms with Crippen molar-refractivity contribution in [2.45, 2.75) is 25.8 Å². The van der Waals surface area contributed by atoms with Crippen LogP contribution in [0, 0.1) is 6.92 Å². The summed E-state index contributed by atoms with van der Waals surface area (Å²) in [6, 6.07) is 5.83. The first-order valence-electron chi connectivity index (χ1n) is 7.38. The topological polar surface area (TPSA) is 65.5 Å². The predicted molar refractivity (Wildman–Crippen MR) is 88.1 cm³/mol. The molecule has 3 rings (SSSR count). The van der Waals surface area contributed by atoms with E-state index in [1.165, 1.54) is 4.88 Å². The number of rotatable bonds is 5. The van der Waals surface area contributed by atoms with E-state index in [1.807, 2.05) is 24.4 Å². The molecule has 0 aromatic carbocycles. The number of aliphatic hydroxyl groups is 1. The predicted octanol–water partition coefficient (Wildman–Crippen LogP) is 3.11. The van der Waals surface area contributed by atoms with Gasteiger partial charge in [0.2, 0.25) is 0 Å². The highest BCUT2D eigenvalue weighted by atomic mass is 32.1. The van der Waals surface area contributed by atoms with Gasteiger partial charge in [0.05, 0.1) is 18.0 Å². The lowest BCUT2D eigenvalue weighted by Crippen LogP contribution is -2.38. The van der Waals surface area contributed by atoms with Crippen LogP contribution in [0.4, 0.5) is 10.5 Å². The third-order valence-corrected chi connectivity index (χ3v) is 4.50. The van der Waals surface area contributed by atoms with Gasteiger partial charge in [-0.2, -0.15) is 0 Å². The lowest BCUT2D eigenvalue weighted by atomic mass is 10.2. The first-order valence-corrected chi connectivity index (χ1v) is 8.26. The normalized spacial score (nSPS) is 13.9. The van der Waals surface area contributed by atoms with Gasteiger partial charge in [0.15, 0.2) is 0 Å². The average Bonchev–Trinajstić information content (AvgIpc) is 3.26. The number of nitrogens with zero attached hydrogens (tertiary/aromatic N) is 2. The van der Waals surface area contributed by atoms with Gasteiger partial charge < -0.3 is 15.3 Å². The molecule has 5 nitrogen and oxygen atoms in total. The standard InChI is InChI=1S/C16H19N3O2S/c1-11-9-12(10-22-11)15-14(3-2-6-17-15)18-16(21)19(7-8-20)13-4-5-13/h2-3,6,9-10,13,20H,4-5,7-8H2,1H3,(H,18,21). The Morgan fingerprint density at radius 2 is 2.36 bits per heavy atom. The van der Waals surface area contributed by atoms with Crippen LogP contribution in [0.25, 0.3) is 11.3 Å². The summed E-state index contributed by atoms with van der Waals surface area (Å²) in [6.45, 7) is 2.39. The Kier molecular flexibility index (Phi) is 4.40. The van der Waals surface area contributed by atoms with Crippen LogP contribution in [0.5, 0.6) is 0 Å². The van der Waals surface area contributed by atoms with Gasteiger partial charge in [0.1, 0.15) is 0 Å². The first-order chi connectivity index (χ1) is 10.7. The fourth-order valence-electron chi connectivity index (χ4n) is 2.43. The quantitative estimate of drug-likeness (QED) is 0.890. The van der Waals surface area contributed by atoms with Crippen molar-refractivity contribution in [1.29, 1.82) is 0 Å². The molecule has 1 saturated carbocycles. The summed E-state index contributed by atoms with van der Waals surface area (Å²) in [4.78, 5) is 19.8. The van der Waals surface area contributed by atoms with Crippen molar-refractivity contribution in [2.24, 2.45) is 0 Å². The summed E-state index contributed by atoms with van der Waals surface area (Å²) < 4.78 is 0. The van der Waals surface area contributed by atoms with Crippen LogP contribution >= 0.6 is 11.3 Å². The number of aromatic nitrogens is 1. The monoisotopic (exact) mass is 317 g/mol. The maximum absolute atomic E-state index is 12.5. The Morgan fingerprint density at radius 1 is 1.55 bits per heavy atom. The van der Waals surface area contributed by atoms with Crippen LogP contribution in [-0.4, -0.2) is 40.2 Å². The van der Waals surface area contributed by atoms with E-state index in [-0.39, 0.29) is 18.7 Å². The number of hydrogen-bond acceptors (Lipinski definition) is 4. The largest absolute Gasteiger partial charge is 0.395 e. The molecule has 0 atom stereocenters. The highest BCUT2D eigenvalue weighted by Gasteiger charge is 2.32. The van der Waals surface area contributed by atoms with Crippen LogP contribution < -0.4 is 5.32 Å². The van der Waals surface area contributed by atoms with Gasteiger partial charge in [0.25, 0.3) is 0 Å². The van der Waals surface area contributed by atoms with Gasteiger partial charge in [-0.1, -0.05) is 0 Å². The van der Waals surface area contributed by atoms with Crippen molar-refractivity contribution in [1.82, 2.24) is 9.88 Å². The molecule has 0 aliphatic heterocycles. The SMILES string of the molecule is Cc1cc(-c2ncccc2NC(=O)N(CCO)C2CC2)cs1. The number of thiophene rings is 1. The molecule has 2 aromatic rings. The Morgan fingerprint density at radius 3 is 3.00 bits per heavy atom.